The lowest BCUT2D eigenvalue weighted by Gasteiger charge is -2.52. The highest BCUT2D eigenvalue weighted by Gasteiger charge is 2.65. The second kappa shape index (κ2) is 11.9. The minimum absolute atomic E-state index is 0.107. The molecule has 42 heavy (non-hydrogen) atoms. The molecule has 4 heterocycles. The first-order valence-corrected chi connectivity index (χ1v) is 19.8. The Labute approximate surface area is 255 Å². The van der Waals surface area contributed by atoms with E-state index in [4.69, 9.17) is 23.4 Å². The summed E-state index contributed by atoms with van der Waals surface area (Å²) in [6.07, 6.45) is 0.916. The summed E-state index contributed by atoms with van der Waals surface area (Å²) in [5.41, 5.74) is 6.21. The molecule has 2 aromatic heterocycles. The highest BCUT2D eigenvalue weighted by atomic mass is 32.2. The number of fused-ring (bicyclic) bond motifs is 2. The Morgan fingerprint density at radius 1 is 0.976 bits per heavy atom. The zero-order valence-corrected chi connectivity index (χ0v) is 28.7. The van der Waals surface area contributed by atoms with E-state index in [1.807, 2.05) is 30.3 Å². The molecule has 230 valence electrons. The number of nitrogens with two attached hydrogens (primary N) is 1. The number of aromatic nitrogens is 4. The average Bonchev–Trinajstić information content (AvgIpc) is 3.47. The number of nitrogen functional groups attached to an aromatic ring is 1. The third-order valence-electron chi connectivity index (χ3n) is 8.74. The van der Waals surface area contributed by atoms with E-state index in [9.17, 15) is 5.11 Å². The van der Waals surface area contributed by atoms with E-state index in [0.29, 0.717) is 16.9 Å². The van der Waals surface area contributed by atoms with E-state index in [2.05, 4.69) is 70.3 Å². The molecule has 3 N–H and O–H groups in total. The van der Waals surface area contributed by atoms with Gasteiger partial charge in [-0.05, 0) is 34.3 Å². The van der Waals surface area contributed by atoms with Crippen molar-refractivity contribution in [3.05, 3.63) is 43.0 Å². The molecule has 4 atom stereocenters. The number of anilines is 1. The summed E-state index contributed by atoms with van der Waals surface area (Å²) in [6.45, 7) is 17.7. The van der Waals surface area contributed by atoms with Crippen LogP contribution in [0.3, 0.4) is 0 Å². The number of imidazole rings is 1. The van der Waals surface area contributed by atoms with Gasteiger partial charge in [-0.3, -0.25) is 4.57 Å². The van der Waals surface area contributed by atoms with Gasteiger partial charge in [0.1, 0.15) is 29.7 Å². The lowest BCUT2D eigenvalue weighted by atomic mass is 9.96. The zero-order chi connectivity index (χ0) is 30.4. The van der Waals surface area contributed by atoms with Crippen LogP contribution in [0.1, 0.15) is 61.6 Å². The maximum Gasteiger partial charge on any atom is 0.335 e. The molecule has 2 aliphatic heterocycles. The van der Waals surface area contributed by atoms with Crippen LogP contribution in [0, 0.1) is 0 Å². The fourth-order valence-electron chi connectivity index (χ4n) is 6.46. The number of ether oxygens (including phenoxy) is 1. The lowest BCUT2D eigenvalue weighted by Crippen LogP contribution is -2.67. The number of hydrogen-bond acceptors (Lipinski definition) is 10. The second-order valence-corrected chi connectivity index (χ2v) is 22.6. The smallest absolute Gasteiger partial charge is 0.335 e. The van der Waals surface area contributed by atoms with Crippen LogP contribution < -0.4 is 5.73 Å². The normalized spacial score (nSPS) is 27.6. The molecular formula is C29H45N5O5SSi2. The monoisotopic (exact) mass is 631 g/mol. The van der Waals surface area contributed by atoms with Crippen LogP contribution in [0.4, 0.5) is 5.82 Å². The minimum Gasteiger partial charge on any atom is -0.414 e. The summed E-state index contributed by atoms with van der Waals surface area (Å²) in [7, 11) is -5.81. The summed E-state index contributed by atoms with van der Waals surface area (Å²) in [5, 5.41) is 12.9. The molecule has 0 spiro atoms. The zero-order valence-electron chi connectivity index (χ0n) is 25.9. The van der Waals surface area contributed by atoms with Crippen molar-refractivity contribution >= 4 is 45.9 Å². The number of benzene rings is 1. The van der Waals surface area contributed by atoms with E-state index in [1.165, 1.54) is 6.33 Å². The number of nitrogens with zero attached hydrogens (tertiary/aromatic N) is 4. The SMILES string of the molecule is CC(C)[Si]1(C(C)C)OC[C@H]2O[C@@H](n3cnc4c(N)ncnc43)[C@@](O)(CSc3ccccc3)[C@@H]2O[Si](C(C)C)(C(C)C)O1. The third kappa shape index (κ3) is 5.25. The summed E-state index contributed by atoms with van der Waals surface area (Å²) in [6, 6.07) is 10.0. The van der Waals surface area contributed by atoms with Crippen LogP contribution in [0.15, 0.2) is 47.9 Å². The first kappa shape index (κ1) is 31.6. The molecule has 3 aromatic rings. The molecule has 0 aliphatic carbocycles. The Balaban J connectivity index is 1.65. The summed E-state index contributed by atoms with van der Waals surface area (Å²) in [4.78, 5) is 14.1. The van der Waals surface area contributed by atoms with Crippen molar-refractivity contribution in [1.29, 1.82) is 0 Å². The molecule has 1 aromatic carbocycles. The predicted octanol–water partition coefficient (Wildman–Crippen LogP) is 5.79. The highest BCUT2D eigenvalue weighted by Crippen LogP contribution is 2.52. The van der Waals surface area contributed by atoms with Crippen molar-refractivity contribution in [1.82, 2.24) is 19.5 Å². The van der Waals surface area contributed by atoms with Crippen molar-refractivity contribution in [2.75, 3.05) is 18.1 Å². The molecule has 2 saturated heterocycles. The molecule has 2 aliphatic rings. The Morgan fingerprint density at radius 2 is 1.62 bits per heavy atom. The lowest BCUT2D eigenvalue weighted by molar-refractivity contribution is -0.0904. The van der Waals surface area contributed by atoms with E-state index in [-0.39, 0.29) is 34.6 Å². The molecule has 0 saturated carbocycles. The molecular weight excluding hydrogens is 587 g/mol. The van der Waals surface area contributed by atoms with Gasteiger partial charge in [0.2, 0.25) is 0 Å². The Kier molecular flexibility index (Phi) is 8.96. The van der Waals surface area contributed by atoms with Crippen LogP contribution in [0.25, 0.3) is 11.2 Å². The van der Waals surface area contributed by atoms with Gasteiger partial charge in [0.15, 0.2) is 17.7 Å². The van der Waals surface area contributed by atoms with E-state index >= 15 is 0 Å². The quantitative estimate of drug-likeness (QED) is 0.233. The van der Waals surface area contributed by atoms with Crippen molar-refractivity contribution in [2.24, 2.45) is 0 Å². The molecule has 2 fully saturated rings. The molecule has 13 heteroatoms. The molecule has 0 radical (unpaired) electrons. The molecule has 10 nitrogen and oxygen atoms in total. The van der Waals surface area contributed by atoms with Crippen LogP contribution >= 0.6 is 11.8 Å². The third-order valence-corrected chi connectivity index (χ3v) is 20.2. The van der Waals surface area contributed by atoms with Gasteiger partial charge in [0.05, 0.1) is 12.9 Å². The largest absolute Gasteiger partial charge is 0.414 e. The van der Waals surface area contributed by atoms with Gasteiger partial charge in [-0.2, -0.15) is 0 Å². The van der Waals surface area contributed by atoms with Gasteiger partial charge in [0.25, 0.3) is 0 Å². The van der Waals surface area contributed by atoms with Crippen LogP contribution in [0.5, 0.6) is 0 Å². The number of rotatable bonds is 8. The Bertz CT molecular complexity index is 1360. The maximum atomic E-state index is 12.9. The van der Waals surface area contributed by atoms with E-state index in [1.54, 1.807) is 22.7 Å². The Hall–Kier alpha value is -1.85. The highest BCUT2D eigenvalue weighted by molar-refractivity contribution is 7.99. The van der Waals surface area contributed by atoms with Gasteiger partial charge in [-0.1, -0.05) is 73.6 Å². The molecule has 5 rings (SSSR count). The predicted molar refractivity (Wildman–Crippen MR) is 170 cm³/mol. The topological polar surface area (TPSA) is 127 Å². The van der Waals surface area contributed by atoms with Crippen molar-refractivity contribution < 1.29 is 22.8 Å². The minimum atomic E-state index is -3.02. The number of aliphatic hydroxyl groups is 1. The van der Waals surface area contributed by atoms with Gasteiger partial charge in [0, 0.05) is 10.6 Å². The first-order chi connectivity index (χ1) is 19.9. The first-order valence-electron chi connectivity index (χ1n) is 14.9. The van der Waals surface area contributed by atoms with Gasteiger partial charge >= 0.3 is 17.1 Å². The fourth-order valence-corrected chi connectivity index (χ4v) is 18.8. The van der Waals surface area contributed by atoms with Crippen molar-refractivity contribution in [3.63, 3.8) is 0 Å². The summed E-state index contributed by atoms with van der Waals surface area (Å²) >= 11 is 1.56. The van der Waals surface area contributed by atoms with Gasteiger partial charge in [-0.25, -0.2) is 15.0 Å². The maximum absolute atomic E-state index is 12.9. The Morgan fingerprint density at radius 3 is 2.24 bits per heavy atom. The van der Waals surface area contributed by atoms with Crippen molar-refractivity contribution in [3.8, 4) is 0 Å². The van der Waals surface area contributed by atoms with Gasteiger partial charge < -0.3 is 28.5 Å². The molecule has 0 unspecified atom stereocenters. The summed E-state index contributed by atoms with van der Waals surface area (Å²) in [5.74, 6) is 0.578. The van der Waals surface area contributed by atoms with E-state index < -0.39 is 41.2 Å². The standard InChI is InChI=1S/C29H45N5O5SSi2/c1-18(2)41(19(3)4)36-14-23-25(38-42(39-41,20(5)6)21(7)8)29(35,15-40-22-12-10-9-11-13-22)28(37-23)34-17-33-24-26(30)31-16-32-27(24)34/h9-13,16-21,23,25,28,35H,14-15H2,1-8H3,(H2,30,31,32)/t23-,25-,28-,29-/m1/s1. The van der Waals surface area contributed by atoms with Crippen LogP contribution in [-0.2, 0) is 17.7 Å². The van der Waals surface area contributed by atoms with Crippen LogP contribution in [-0.4, -0.2) is 71.9 Å². The average molecular weight is 632 g/mol. The van der Waals surface area contributed by atoms with Crippen LogP contribution in [0.2, 0.25) is 22.2 Å². The van der Waals surface area contributed by atoms with Gasteiger partial charge in [-0.15, -0.1) is 11.8 Å². The fraction of sp³-hybridized carbons (Fsp3) is 0.621. The number of thioether (sulfide) groups is 1. The number of hydrogen-bond donors (Lipinski definition) is 2. The summed E-state index contributed by atoms with van der Waals surface area (Å²) < 4.78 is 30.2. The molecule has 0 bridgehead atoms. The molecule has 0 amide bonds. The van der Waals surface area contributed by atoms with E-state index in [0.717, 1.165) is 4.90 Å². The second-order valence-electron chi connectivity index (χ2n) is 12.7. The van der Waals surface area contributed by atoms with Crippen molar-refractivity contribution in [2.45, 2.75) is 106 Å².